The second kappa shape index (κ2) is 39.2. The van der Waals surface area contributed by atoms with E-state index in [0.29, 0.717) is 41.5 Å². The summed E-state index contributed by atoms with van der Waals surface area (Å²) < 4.78 is 2.19. The summed E-state index contributed by atoms with van der Waals surface area (Å²) in [5, 5.41) is 21.4. The Morgan fingerprint density at radius 3 is 1.30 bits per heavy atom. The fraction of sp³-hybridized carbons (Fsp3) is 0.608. The van der Waals surface area contributed by atoms with Crippen molar-refractivity contribution in [3.63, 3.8) is 0 Å². The Balaban J connectivity index is 0.000000154. The van der Waals surface area contributed by atoms with E-state index in [-0.39, 0.29) is 0 Å². The zero-order valence-electron chi connectivity index (χ0n) is 58.4. The van der Waals surface area contributed by atoms with E-state index in [2.05, 4.69) is 242 Å². The molecule has 5 saturated heterocycles. The first-order valence-electron chi connectivity index (χ1n) is 35.9. The molecule has 1 aliphatic carbocycles. The number of nitrogens with one attached hydrogen (secondary N) is 5. The van der Waals surface area contributed by atoms with E-state index >= 15 is 0 Å². The van der Waals surface area contributed by atoms with Gasteiger partial charge in [0, 0.05) is 76.6 Å². The zero-order valence-corrected chi connectivity index (χ0v) is 58.4. The summed E-state index contributed by atoms with van der Waals surface area (Å²) in [4.78, 5) is 13.5. The van der Waals surface area contributed by atoms with Crippen LogP contribution in [0.15, 0.2) is 122 Å². The van der Waals surface area contributed by atoms with Crippen LogP contribution >= 0.6 is 0 Å². The van der Waals surface area contributed by atoms with Crippen molar-refractivity contribution >= 4 is 11.6 Å². The van der Waals surface area contributed by atoms with Crippen LogP contribution in [0.1, 0.15) is 257 Å². The molecule has 6 aromatic rings. The van der Waals surface area contributed by atoms with Crippen molar-refractivity contribution in [2.45, 2.75) is 214 Å². The molecular formula is C79H123N11. The van der Waals surface area contributed by atoms with Crippen LogP contribution in [-0.2, 0) is 6.42 Å². The van der Waals surface area contributed by atoms with Gasteiger partial charge in [-0.05, 0) is 213 Å². The van der Waals surface area contributed by atoms with Crippen molar-refractivity contribution < 1.29 is 0 Å². The van der Waals surface area contributed by atoms with E-state index in [1.54, 1.807) is 5.56 Å². The molecule has 6 aliphatic rings. The molecular weight excluding hydrogens is 1100 g/mol. The highest BCUT2D eigenvalue weighted by molar-refractivity contribution is 5.48. The first-order valence-corrected chi connectivity index (χ1v) is 35.9. The lowest BCUT2D eigenvalue weighted by Gasteiger charge is -2.29. The largest absolute Gasteiger partial charge is 0.369 e. The van der Waals surface area contributed by atoms with Gasteiger partial charge in [0.15, 0.2) is 0 Å². The third-order valence-corrected chi connectivity index (χ3v) is 19.4. The maximum absolute atomic E-state index is 4.48. The molecule has 7 heterocycles. The second-order valence-electron chi connectivity index (χ2n) is 28.4. The number of benzene rings is 4. The lowest BCUT2D eigenvalue weighted by molar-refractivity contribution is 0.329. The molecule has 12 rings (SSSR count). The first kappa shape index (κ1) is 72.0. The highest BCUT2D eigenvalue weighted by atomic mass is 15.3. The van der Waals surface area contributed by atoms with Crippen molar-refractivity contribution in [2.75, 3.05) is 101 Å². The fourth-order valence-corrected chi connectivity index (χ4v) is 12.9. The molecule has 0 radical (unpaired) electrons. The van der Waals surface area contributed by atoms with Crippen molar-refractivity contribution in [3.05, 3.63) is 172 Å². The molecule has 2 aromatic heterocycles. The van der Waals surface area contributed by atoms with Crippen LogP contribution in [0.4, 0.5) is 11.6 Å². The quantitative estimate of drug-likeness (QED) is 0.0767. The van der Waals surface area contributed by atoms with Crippen molar-refractivity contribution in [3.8, 4) is 0 Å². The molecule has 0 unspecified atom stereocenters. The number of rotatable bonds is 13. The van der Waals surface area contributed by atoms with Gasteiger partial charge in [0.1, 0.15) is 0 Å². The summed E-state index contributed by atoms with van der Waals surface area (Å²) in [5.74, 6) is 6.99. The van der Waals surface area contributed by atoms with Gasteiger partial charge in [-0.2, -0.15) is 5.10 Å². The Hall–Kier alpha value is -5.43. The predicted octanol–water partition coefficient (Wildman–Crippen LogP) is 16.6. The third kappa shape index (κ3) is 24.6. The van der Waals surface area contributed by atoms with Crippen LogP contribution in [0.5, 0.6) is 0 Å². The summed E-state index contributed by atoms with van der Waals surface area (Å²) in [6, 6.07) is 37.3. The van der Waals surface area contributed by atoms with Gasteiger partial charge in [-0.3, -0.25) is 4.68 Å². The summed E-state index contributed by atoms with van der Waals surface area (Å²) >= 11 is 0. The lowest BCUT2D eigenvalue weighted by atomic mass is 9.88. The molecule has 494 valence electrons. The molecule has 5 aliphatic heterocycles. The Morgan fingerprint density at radius 1 is 0.389 bits per heavy atom. The average molecular weight is 1230 g/mol. The smallest absolute Gasteiger partial charge is 0.225 e. The Labute approximate surface area is 548 Å². The van der Waals surface area contributed by atoms with Crippen LogP contribution in [0.3, 0.4) is 0 Å². The molecule has 90 heavy (non-hydrogen) atoms. The van der Waals surface area contributed by atoms with Crippen LogP contribution in [0.25, 0.3) is 0 Å². The number of nitrogens with zero attached hydrogens (tertiary/aromatic N) is 6. The average Bonchev–Trinajstić information content (AvgIpc) is 3.06. The minimum absolute atomic E-state index is 0.502. The van der Waals surface area contributed by atoms with Crippen LogP contribution < -0.4 is 36.4 Å². The van der Waals surface area contributed by atoms with Gasteiger partial charge in [-0.25, -0.2) is 9.97 Å². The molecule has 0 bridgehead atoms. The SMILES string of the molecule is CC(C)c1ccc(C2CCNCC2)cc1.CC(C)c1ccc(CC2CCNCC2)cc1.CC(C)c1ccc(N2CCNCC2)cc1.CC(C)c1cccc(C2CCNCC2)c1.CC(C)c1cnc(N2CCNCC2)nc1.CC(C)c1cnn(C2CCCCC2)c1. The minimum Gasteiger partial charge on any atom is -0.369 e. The summed E-state index contributed by atoms with van der Waals surface area (Å²) in [6.45, 7) is 42.4. The van der Waals surface area contributed by atoms with Crippen LogP contribution in [0, 0.1) is 5.92 Å². The van der Waals surface area contributed by atoms with Crippen molar-refractivity contribution in [2.24, 2.45) is 5.92 Å². The molecule has 11 nitrogen and oxygen atoms in total. The molecule has 0 amide bonds. The lowest BCUT2D eigenvalue weighted by Crippen LogP contribution is -2.44. The van der Waals surface area contributed by atoms with Gasteiger partial charge in [-0.1, -0.05) is 187 Å². The van der Waals surface area contributed by atoms with Crippen molar-refractivity contribution in [1.82, 2.24) is 46.3 Å². The predicted molar refractivity (Wildman–Crippen MR) is 386 cm³/mol. The van der Waals surface area contributed by atoms with Crippen LogP contribution in [0.2, 0.25) is 0 Å². The fourth-order valence-electron chi connectivity index (χ4n) is 12.9. The monoisotopic (exact) mass is 1230 g/mol. The highest BCUT2D eigenvalue weighted by Crippen LogP contribution is 2.31. The molecule has 5 N–H and O–H groups in total. The third-order valence-electron chi connectivity index (χ3n) is 19.4. The van der Waals surface area contributed by atoms with Gasteiger partial charge >= 0.3 is 0 Å². The van der Waals surface area contributed by atoms with Gasteiger partial charge in [0.2, 0.25) is 5.95 Å². The topological polar surface area (TPSA) is 110 Å². The number of aromatic nitrogens is 4. The summed E-state index contributed by atoms with van der Waals surface area (Å²) in [6.07, 6.45) is 24.1. The minimum atomic E-state index is 0.502. The summed E-state index contributed by atoms with van der Waals surface area (Å²) in [5.41, 5.74) is 14.3. The normalized spacial score (nSPS) is 18.0. The van der Waals surface area contributed by atoms with E-state index < -0.39 is 0 Å². The number of anilines is 2. The standard InChI is InChI=1S/C15H23N.2C14H21N.C13H20N2.C12H20N2.C11H18N4/c1-12(2)15-5-3-13(4-6-15)11-14-7-9-16-10-8-14;1-11(2)12-3-5-13(6-4-12)14-7-9-15-10-8-14;1-11(2)13-4-3-5-14(10-13)12-6-8-15-9-7-12;1-11(2)12-3-5-13(6-4-12)15-9-7-14-8-10-15;1-10(2)11-8-13-14(9-11)12-6-4-3-5-7-12;1-9(2)10-7-13-11(14-8-10)15-5-3-12-4-6-15/h3-6,12,14,16H,7-11H2,1-2H3;3-6,11,14-15H,7-10H2,1-2H3;3-5,10-12,15H,6-9H2,1-2H3;3-6,11,14H,7-10H2,1-2H3;8-10,12H,3-7H2,1-2H3;7-9,12H,3-6H2,1-2H3. The Kier molecular flexibility index (Phi) is 31.4. The van der Waals surface area contributed by atoms with Gasteiger partial charge in [0.25, 0.3) is 0 Å². The van der Waals surface area contributed by atoms with Gasteiger partial charge < -0.3 is 36.4 Å². The molecule has 0 spiro atoms. The number of piperidine rings is 3. The Morgan fingerprint density at radius 2 is 0.822 bits per heavy atom. The van der Waals surface area contributed by atoms with E-state index in [4.69, 9.17) is 0 Å². The highest BCUT2D eigenvalue weighted by Gasteiger charge is 2.20. The molecule has 4 aromatic carbocycles. The summed E-state index contributed by atoms with van der Waals surface area (Å²) in [7, 11) is 0. The molecule has 0 atom stereocenters. The number of hydrogen-bond donors (Lipinski definition) is 5. The zero-order chi connectivity index (χ0) is 64.0. The molecule has 11 heteroatoms. The van der Waals surface area contributed by atoms with Gasteiger partial charge in [0.05, 0.1) is 12.2 Å². The number of piperazine rings is 2. The van der Waals surface area contributed by atoms with E-state index in [1.165, 1.54) is 167 Å². The second-order valence-corrected chi connectivity index (χ2v) is 28.4. The van der Waals surface area contributed by atoms with E-state index in [9.17, 15) is 0 Å². The van der Waals surface area contributed by atoms with Crippen molar-refractivity contribution in [1.29, 1.82) is 0 Å². The molecule has 1 saturated carbocycles. The first-order chi connectivity index (χ1) is 43.6. The van der Waals surface area contributed by atoms with Gasteiger partial charge in [-0.15, -0.1) is 0 Å². The van der Waals surface area contributed by atoms with Crippen LogP contribution in [-0.4, -0.2) is 111 Å². The Bertz CT molecular complexity index is 2650. The maximum Gasteiger partial charge on any atom is 0.225 e. The molecule has 6 fully saturated rings. The number of hydrogen-bond acceptors (Lipinski definition) is 10. The van der Waals surface area contributed by atoms with E-state index in [0.717, 1.165) is 76.1 Å². The maximum atomic E-state index is 4.48. The van der Waals surface area contributed by atoms with E-state index in [1.807, 2.05) is 18.6 Å².